The SMILES string of the molecule is CC(=O)N(CCC(c1ccc(Cl)c(Cl)c1)P(=O)(O)O)OCc1ccc(-c2ccccc2)cc1.N.N. The van der Waals surface area contributed by atoms with E-state index < -0.39 is 13.3 Å². The van der Waals surface area contributed by atoms with Crippen molar-refractivity contribution in [2.24, 2.45) is 0 Å². The van der Waals surface area contributed by atoms with Gasteiger partial charge >= 0.3 is 7.60 Å². The van der Waals surface area contributed by atoms with Gasteiger partial charge in [0.2, 0.25) is 5.91 Å². The molecule has 0 saturated heterocycles. The lowest BCUT2D eigenvalue weighted by Gasteiger charge is -2.24. The Balaban J connectivity index is 0.00000306. The first-order valence-electron chi connectivity index (χ1n) is 10.2. The van der Waals surface area contributed by atoms with Crippen LogP contribution in [0.5, 0.6) is 0 Å². The fourth-order valence-electron chi connectivity index (χ4n) is 3.38. The van der Waals surface area contributed by atoms with E-state index in [1.165, 1.54) is 25.1 Å². The van der Waals surface area contributed by atoms with E-state index in [0.29, 0.717) is 5.56 Å². The quantitative estimate of drug-likeness (QED) is 0.176. The number of benzene rings is 3. The van der Waals surface area contributed by atoms with Crippen LogP contribution < -0.4 is 12.3 Å². The molecule has 0 radical (unpaired) electrons. The fraction of sp³-hybridized carbons (Fsp3) is 0.208. The Morgan fingerprint density at radius 3 is 2.09 bits per heavy atom. The van der Waals surface area contributed by atoms with Crippen LogP contribution in [0.2, 0.25) is 10.0 Å². The second-order valence-corrected chi connectivity index (χ2v) is 10.1. The molecule has 0 saturated carbocycles. The number of nitrogens with zero attached hydrogens (tertiary/aromatic N) is 1. The minimum Gasteiger partial charge on any atom is -0.344 e. The van der Waals surface area contributed by atoms with Gasteiger partial charge in [-0.15, -0.1) is 0 Å². The summed E-state index contributed by atoms with van der Waals surface area (Å²) < 4.78 is 12.1. The molecule has 1 atom stereocenters. The molecule has 8 nitrogen and oxygen atoms in total. The number of hydroxylamine groups is 2. The van der Waals surface area contributed by atoms with Gasteiger partial charge in [0.15, 0.2) is 0 Å². The lowest BCUT2D eigenvalue weighted by atomic mass is 10.0. The van der Waals surface area contributed by atoms with Gasteiger partial charge in [0.05, 0.1) is 15.7 Å². The molecule has 3 aromatic rings. The van der Waals surface area contributed by atoms with Crippen LogP contribution in [-0.4, -0.2) is 27.3 Å². The summed E-state index contributed by atoms with van der Waals surface area (Å²) in [4.78, 5) is 37.5. The Labute approximate surface area is 215 Å². The number of carbonyl (C=O) groups is 1. The van der Waals surface area contributed by atoms with E-state index in [2.05, 4.69) is 0 Å². The zero-order chi connectivity index (χ0) is 24.0. The van der Waals surface area contributed by atoms with Crippen molar-refractivity contribution >= 4 is 36.7 Å². The van der Waals surface area contributed by atoms with E-state index in [4.69, 9.17) is 28.0 Å². The van der Waals surface area contributed by atoms with Gasteiger partial charge in [-0.1, -0.05) is 83.9 Å². The summed E-state index contributed by atoms with van der Waals surface area (Å²) in [7, 11) is -4.53. The summed E-state index contributed by atoms with van der Waals surface area (Å²) in [5.41, 5.74) is 2.22. The molecular formula is C24H30Cl2N3O5P. The Morgan fingerprint density at radius 1 is 0.943 bits per heavy atom. The van der Waals surface area contributed by atoms with E-state index in [1.807, 2.05) is 54.6 Å². The van der Waals surface area contributed by atoms with Gasteiger partial charge in [-0.25, -0.2) is 5.06 Å². The number of hydrogen-bond acceptors (Lipinski definition) is 5. The molecule has 0 heterocycles. The van der Waals surface area contributed by atoms with E-state index in [1.54, 1.807) is 0 Å². The van der Waals surface area contributed by atoms with E-state index >= 15 is 0 Å². The molecule has 0 fully saturated rings. The van der Waals surface area contributed by atoms with Gasteiger partial charge in [0.25, 0.3) is 0 Å². The average Bonchev–Trinajstić information content (AvgIpc) is 2.78. The molecule has 0 aliphatic rings. The predicted octanol–water partition coefficient (Wildman–Crippen LogP) is 6.57. The monoisotopic (exact) mass is 541 g/mol. The third kappa shape index (κ3) is 8.72. The van der Waals surface area contributed by atoms with Crippen LogP contribution in [0.4, 0.5) is 0 Å². The third-order valence-electron chi connectivity index (χ3n) is 5.14. The zero-order valence-corrected chi connectivity index (χ0v) is 21.7. The zero-order valence-electron chi connectivity index (χ0n) is 19.3. The normalized spacial score (nSPS) is 11.7. The average molecular weight is 542 g/mol. The highest BCUT2D eigenvalue weighted by molar-refractivity contribution is 7.52. The van der Waals surface area contributed by atoms with Crippen LogP contribution >= 0.6 is 30.8 Å². The van der Waals surface area contributed by atoms with Crippen LogP contribution in [0, 0.1) is 0 Å². The van der Waals surface area contributed by atoms with Crippen LogP contribution in [0.3, 0.4) is 0 Å². The van der Waals surface area contributed by atoms with Gasteiger partial charge in [-0.3, -0.25) is 14.2 Å². The van der Waals surface area contributed by atoms with E-state index in [-0.39, 0.29) is 47.8 Å². The number of halogens is 2. The van der Waals surface area contributed by atoms with Gasteiger partial charge < -0.3 is 22.1 Å². The first-order valence-corrected chi connectivity index (χ1v) is 12.6. The van der Waals surface area contributed by atoms with E-state index in [9.17, 15) is 19.1 Å². The summed E-state index contributed by atoms with van der Waals surface area (Å²) in [6.07, 6.45) is -0.0191. The van der Waals surface area contributed by atoms with Gasteiger partial charge in [0, 0.05) is 13.5 Å². The molecule has 0 aliphatic heterocycles. The Hall–Kier alpha value is -2.26. The Bertz CT molecular complexity index is 1140. The molecule has 1 amide bonds. The molecule has 0 aliphatic carbocycles. The van der Waals surface area contributed by atoms with Crippen LogP contribution in [0.15, 0.2) is 72.8 Å². The number of hydrogen-bond donors (Lipinski definition) is 4. The second kappa shape index (κ2) is 13.7. The molecule has 35 heavy (non-hydrogen) atoms. The van der Waals surface area contributed by atoms with Gasteiger partial charge in [0.1, 0.15) is 6.61 Å². The lowest BCUT2D eigenvalue weighted by Crippen LogP contribution is -2.30. The standard InChI is InChI=1S/C24H24Cl2NO5P.2H3N/c1-17(28)27(14-13-24(33(29,30)31)21-11-12-22(25)23(26)15-21)32-16-18-7-9-20(10-8-18)19-5-3-2-4-6-19;;/h2-12,15,24H,13-14,16H2,1H3,(H2,29,30,31);2*1H3. The van der Waals surface area contributed by atoms with Crippen LogP contribution in [-0.2, 0) is 20.8 Å². The number of rotatable bonds is 9. The summed E-state index contributed by atoms with van der Waals surface area (Å²) in [5, 5.41) is 1.61. The first-order chi connectivity index (χ1) is 15.6. The van der Waals surface area contributed by atoms with Crippen LogP contribution in [0.1, 0.15) is 30.1 Å². The molecule has 0 bridgehead atoms. The van der Waals surface area contributed by atoms with Crippen molar-refractivity contribution in [2.45, 2.75) is 25.6 Å². The molecule has 0 spiro atoms. The maximum atomic E-state index is 12.1. The molecular weight excluding hydrogens is 512 g/mol. The highest BCUT2D eigenvalue weighted by Crippen LogP contribution is 2.54. The summed E-state index contributed by atoms with van der Waals surface area (Å²) in [6.45, 7) is 1.47. The largest absolute Gasteiger partial charge is 0.344 e. The third-order valence-corrected chi connectivity index (χ3v) is 7.25. The van der Waals surface area contributed by atoms with Crippen molar-refractivity contribution in [1.29, 1.82) is 0 Å². The highest BCUT2D eigenvalue weighted by atomic mass is 35.5. The lowest BCUT2D eigenvalue weighted by molar-refractivity contribution is -0.189. The Morgan fingerprint density at radius 2 is 1.54 bits per heavy atom. The first kappa shape index (κ1) is 30.8. The van der Waals surface area contributed by atoms with Gasteiger partial charge in [-0.2, -0.15) is 0 Å². The fourth-order valence-corrected chi connectivity index (χ4v) is 4.68. The summed E-state index contributed by atoms with van der Waals surface area (Å²) in [5.74, 6) is -0.366. The smallest absolute Gasteiger partial charge is 0.333 e. The predicted molar refractivity (Wildman–Crippen MR) is 140 cm³/mol. The minimum atomic E-state index is -4.53. The summed E-state index contributed by atoms with van der Waals surface area (Å²) in [6, 6.07) is 22.2. The highest BCUT2D eigenvalue weighted by Gasteiger charge is 2.31. The number of carbonyl (C=O) groups excluding carboxylic acids is 1. The van der Waals surface area contributed by atoms with E-state index in [0.717, 1.165) is 21.8 Å². The second-order valence-electron chi connectivity index (χ2n) is 7.52. The van der Waals surface area contributed by atoms with Crippen molar-refractivity contribution in [1.82, 2.24) is 17.4 Å². The Kier molecular flexibility index (Phi) is 12.1. The molecule has 11 heteroatoms. The maximum Gasteiger partial charge on any atom is 0.333 e. The molecule has 8 N–H and O–H groups in total. The molecule has 3 rings (SSSR count). The maximum absolute atomic E-state index is 12.1. The molecule has 1 unspecified atom stereocenters. The number of amides is 1. The minimum absolute atomic E-state index is 0. The van der Waals surface area contributed by atoms with Crippen molar-refractivity contribution in [3.8, 4) is 11.1 Å². The summed E-state index contributed by atoms with van der Waals surface area (Å²) >= 11 is 11.9. The molecule has 3 aromatic carbocycles. The topological polar surface area (TPSA) is 157 Å². The van der Waals surface area contributed by atoms with Crippen molar-refractivity contribution in [3.05, 3.63) is 94.0 Å². The molecule has 0 aromatic heterocycles. The van der Waals surface area contributed by atoms with Crippen molar-refractivity contribution in [2.75, 3.05) is 6.54 Å². The van der Waals surface area contributed by atoms with Crippen LogP contribution in [0.25, 0.3) is 11.1 Å². The molecule has 190 valence electrons. The van der Waals surface area contributed by atoms with Crippen molar-refractivity contribution < 1.29 is 24.0 Å². The van der Waals surface area contributed by atoms with Gasteiger partial charge in [-0.05, 0) is 40.8 Å². The van der Waals surface area contributed by atoms with Crippen molar-refractivity contribution in [3.63, 3.8) is 0 Å².